The summed E-state index contributed by atoms with van der Waals surface area (Å²) in [7, 11) is 3.99. The number of alkyl carbamates (subject to hydrolysis) is 1. The number of carbonyl (C=O) groups excluding carboxylic acids is 1. The summed E-state index contributed by atoms with van der Waals surface area (Å²) in [5, 5.41) is 2.96. The molecule has 0 radical (unpaired) electrons. The Balaban J connectivity index is 1.87. The van der Waals surface area contributed by atoms with Crippen LogP contribution in [0.4, 0.5) is 4.79 Å². The molecular formula is C19H24N2O2. The van der Waals surface area contributed by atoms with E-state index in [0.717, 1.165) is 18.5 Å². The summed E-state index contributed by atoms with van der Waals surface area (Å²) < 4.78 is 5.31. The van der Waals surface area contributed by atoms with Crippen LogP contribution in [0.3, 0.4) is 0 Å². The lowest BCUT2D eigenvalue weighted by Crippen LogP contribution is -2.43. The first kappa shape index (κ1) is 17.0. The summed E-state index contributed by atoms with van der Waals surface area (Å²) in [5.41, 5.74) is 2.18. The Morgan fingerprint density at radius 2 is 1.57 bits per heavy atom. The predicted molar refractivity (Wildman–Crippen MR) is 92.3 cm³/mol. The number of hydrogen-bond acceptors (Lipinski definition) is 3. The number of amides is 1. The van der Waals surface area contributed by atoms with Gasteiger partial charge in [0.25, 0.3) is 0 Å². The Morgan fingerprint density at radius 1 is 1.00 bits per heavy atom. The molecule has 0 spiro atoms. The van der Waals surface area contributed by atoms with Gasteiger partial charge in [0.2, 0.25) is 0 Å². The average molecular weight is 312 g/mol. The quantitative estimate of drug-likeness (QED) is 0.854. The standard InChI is InChI=1S/C19H24N2O2/c1-21(2)14-18(13-16-9-5-3-6-10-16)20-19(22)23-15-17-11-7-4-8-12-17/h3-12,18H,13-15H2,1-2H3,(H,20,22). The van der Waals surface area contributed by atoms with Gasteiger partial charge in [0.05, 0.1) is 0 Å². The van der Waals surface area contributed by atoms with Gasteiger partial charge in [0.15, 0.2) is 0 Å². The summed E-state index contributed by atoms with van der Waals surface area (Å²) in [4.78, 5) is 14.1. The fraction of sp³-hybridized carbons (Fsp3) is 0.316. The van der Waals surface area contributed by atoms with E-state index in [1.165, 1.54) is 5.56 Å². The highest BCUT2D eigenvalue weighted by molar-refractivity contribution is 5.67. The summed E-state index contributed by atoms with van der Waals surface area (Å²) in [6, 6.07) is 19.8. The Morgan fingerprint density at radius 3 is 2.13 bits per heavy atom. The first-order chi connectivity index (χ1) is 11.1. The first-order valence-corrected chi connectivity index (χ1v) is 7.79. The summed E-state index contributed by atoms with van der Waals surface area (Å²) in [6.45, 7) is 1.04. The number of ether oxygens (including phenoxy) is 1. The third-order valence-electron chi connectivity index (χ3n) is 3.45. The van der Waals surface area contributed by atoms with Gasteiger partial charge in [0.1, 0.15) is 6.61 Å². The molecular weight excluding hydrogens is 288 g/mol. The molecule has 122 valence electrons. The van der Waals surface area contributed by atoms with E-state index >= 15 is 0 Å². The Labute approximate surface area is 138 Å². The maximum atomic E-state index is 12.0. The third-order valence-corrected chi connectivity index (χ3v) is 3.45. The minimum absolute atomic E-state index is 0.00988. The van der Waals surface area contributed by atoms with E-state index in [0.29, 0.717) is 0 Å². The Bertz CT molecular complexity index is 585. The molecule has 0 aliphatic rings. The molecule has 4 nitrogen and oxygen atoms in total. The van der Waals surface area contributed by atoms with Crippen molar-refractivity contribution in [3.05, 3.63) is 71.8 Å². The van der Waals surface area contributed by atoms with Gasteiger partial charge in [-0.15, -0.1) is 0 Å². The van der Waals surface area contributed by atoms with Crippen LogP contribution >= 0.6 is 0 Å². The number of nitrogens with zero attached hydrogens (tertiary/aromatic N) is 1. The number of nitrogens with one attached hydrogen (secondary N) is 1. The molecule has 0 aliphatic carbocycles. The lowest BCUT2D eigenvalue weighted by Gasteiger charge is -2.22. The number of carbonyl (C=O) groups is 1. The molecule has 2 aromatic carbocycles. The molecule has 0 bridgehead atoms. The average Bonchev–Trinajstić information content (AvgIpc) is 2.54. The van der Waals surface area contributed by atoms with Crippen molar-refractivity contribution < 1.29 is 9.53 Å². The minimum Gasteiger partial charge on any atom is -0.445 e. The van der Waals surface area contributed by atoms with Crippen LogP contribution in [0.25, 0.3) is 0 Å². The van der Waals surface area contributed by atoms with Gasteiger partial charge < -0.3 is 15.0 Å². The van der Waals surface area contributed by atoms with Crippen molar-refractivity contribution in [1.29, 1.82) is 0 Å². The molecule has 0 aromatic heterocycles. The minimum atomic E-state index is -0.378. The van der Waals surface area contributed by atoms with Crippen LogP contribution in [0.2, 0.25) is 0 Å². The number of rotatable bonds is 7. The molecule has 1 atom stereocenters. The molecule has 2 rings (SSSR count). The second kappa shape index (κ2) is 8.96. The van der Waals surface area contributed by atoms with Gasteiger partial charge in [-0.2, -0.15) is 0 Å². The largest absolute Gasteiger partial charge is 0.445 e. The molecule has 2 aromatic rings. The fourth-order valence-electron chi connectivity index (χ4n) is 2.43. The third kappa shape index (κ3) is 6.53. The van der Waals surface area contributed by atoms with E-state index in [1.807, 2.05) is 62.6 Å². The lowest BCUT2D eigenvalue weighted by molar-refractivity contribution is 0.133. The van der Waals surface area contributed by atoms with Gasteiger partial charge in [-0.3, -0.25) is 0 Å². The maximum Gasteiger partial charge on any atom is 0.407 e. The zero-order valence-corrected chi connectivity index (χ0v) is 13.7. The van der Waals surface area contributed by atoms with Crippen LogP contribution < -0.4 is 5.32 Å². The lowest BCUT2D eigenvalue weighted by atomic mass is 10.1. The van der Waals surface area contributed by atoms with E-state index in [2.05, 4.69) is 22.3 Å². The molecule has 1 unspecified atom stereocenters. The van der Waals surface area contributed by atoms with Crippen molar-refractivity contribution in [3.8, 4) is 0 Å². The Hall–Kier alpha value is -2.33. The van der Waals surface area contributed by atoms with Crippen LogP contribution in [0.5, 0.6) is 0 Å². The van der Waals surface area contributed by atoms with Crippen LogP contribution in [-0.2, 0) is 17.8 Å². The maximum absolute atomic E-state index is 12.0. The fourth-order valence-corrected chi connectivity index (χ4v) is 2.43. The van der Waals surface area contributed by atoms with Crippen molar-refractivity contribution in [2.75, 3.05) is 20.6 Å². The number of likely N-dealkylation sites (N-methyl/N-ethyl adjacent to an activating group) is 1. The molecule has 0 aliphatic heterocycles. The highest BCUT2D eigenvalue weighted by Gasteiger charge is 2.15. The molecule has 1 N–H and O–H groups in total. The molecule has 4 heteroatoms. The van der Waals surface area contributed by atoms with Gasteiger partial charge >= 0.3 is 6.09 Å². The highest BCUT2D eigenvalue weighted by Crippen LogP contribution is 2.05. The van der Waals surface area contributed by atoms with Crippen molar-refractivity contribution in [1.82, 2.24) is 10.2 Å². The predicted octanol–water partition coefficient (Wildman–Crippen LogP) is 3.09. The molecule has 1 amide bonds. The van der Waals surface area contributed by atoms with Crippen molar-refractivity contribution in [2.45, 2.75) is 19.1 Å². The number of benzene rings is 2. The van der Waals surface area contributed by atoms with Crippen LogP contribution in [0, 0.1) is 0 Å². The molecule has 0 fully saturated rings. The van der Waals surface area contributed by atoms with Crippen molar-refractivity contribution in [2.24, 2.45) is 0 Å². The zero-order valence-electron chi connectivity index (χ0n) is 13.7. The zero-order chi connectivity index (χ0) is 16.5. The number of hydrogen-bond donors (Lipinski definition) is 1. The normalized spacial score (nSPS) is 12.0. The van der Waals surface area contributed by atoms with Gasteiger partial charge in [-0.25, -0.2) is 4.79 Å². The van der Waals surface area contributed by atoms with E-state index in [4.69, 9.17) is 4.74 Å². The molecule has 0 saturated heterocycles. The van der Waals surface area contributed by atoms with Gasteiger partial charge in [-0.1, -0.05) is 60.7 Å². The smallest absolute Gasteiger partial charge is 0.407 e. The summed E-state index contributed by atoms with van der Waals surface area (Å²) >= 11 is 0. The molecule has 0 heterocycles. The molecule has 0 saturated carbocycles. The van der Waals surface area contributed by atoms with E-state index in [1.54, 1.807) is 0 Å². The van der Waals surface area contributed by atoms with Crippen molar-refractivity contribution in [3.63, 3.8) is 0 Å². The van der Waals surface area contributed by atoms with Gasteiger partial charge in [0, 0.05) is 12.6 Å². The van der Waals surface area contributed by atoms with Crippen molar-refractivity contribution >= 4 is 6.09 Å². The second-order valence-corrected chi connectivity index (χ2v) is 5.85. The highest BCUT2D eigenvalue weighted by atomic mass is 16.5. The van der Waals surface area contributed by atoms with Gasteiger partial charge in [-0.05, 0) is 31.6 Å². The van der Waals surface area contributed by atoms with Crippen LogP contribution in [0.15, 0.2) is 60.7 Å². The van der Waals surface area contributed by atoms with E-state index in [-0.39, 0.29) is 18.7 Å². The van der Waals surface area contributed by atoms with Crippen LogP contribution in [0.1, 0.15) is 11.1 Å². The SMILES string of the molecule is CN(C)CC(Cc1ccccc1)NC(=O)OCc1ccccc1. The van der Waals surface area contributed by atoms with E-state index < -0.39 is 0 Å². The topological polar surface area (TPSA) is 41.6 Å². The van der Waals surface area contributed by atoms with Crippen LogP contribution in [-0.4, -0.2) is 37.7 Å². The summed E-state index contributed by atoms with van der Waals surface area (Å²) in [5.74, 6) is 0. The summed E-state index contributed by atoms with van der Waals surface area (Å²) in [6.07, 6.45) is 0.399. The van der Waals surface area contributed by atoms with E-state index in [9.17, 15) is 4.79 Å². The monoisotopic (exact) mass is 312 g/mol. The first-order valence-electron chi connectivity index (χ1n) is 7.79. The Kier molecular flexibility index (Phi) is 6.63. The second-order valence-electron chi connectivity index (χ2n) is 5.85. The molecule has 23 heavy (non-hydrogen) atoms.